The Kier molecular flexibility index (Phi) is 6.48. The molecule has 1 N–H and O–H groups in total. The quantitative estimate of drug-likeness (QED) is 0.310. The van der Waals surface area contributed by atoms with E-state index in [2.05, 4.69) is 4.98 Å². The third-order valence-corrected chi connectivity index (χ3v) is 6.25. The maximum absolute atomic E-state index is 13.3. The number of aromatic nitrogens is 1. The van der Waals surface area contributed by atoms with Crippen LogP contribution in [0.2, 0.25) is 0 Å². The Balaban J connectivity index is 1.90. The van der Waals surface area contributed by atoms with Crippen LogP contribution in [-0.4, -0.2) is 33.8 Å². The second-order valence-electron chi connectivity index (χ2n) is 9.87. The van der Waals surface area contributed by atoms with Crippen LogP contribution in [0, 0.1) is 6.92 Å². The van der Waals surface area contributed by atoms with Crippen molar-refractivity contribution in [3.8, 4) is 5.75 Å². The number of pyridine rings is 1. The zero-order valence-electron chi connectivity index (χ0n) is 20.7. The predicted molar refractivity (Wildman–Crippen MR) is 135 cm³/mol. The van der Waals surface area contributed by atoms with Gasteiger partial charge in [0.05, 0.1) is 18.7 Å². The number of aryl methyl sites for hydroxylation is 1. The minimum Gasteiger partial charge on any atom is -0.507 e. The van der Waals surface area contributed by atoms with Crippen molar-refractivity contribution in [2.75, 3.05) is 7.11 Å². The molecule has 1 fully saturated rings. The van der Waals surface area contributed by atoms with Gasteiger partial charge in [-0.15, -0.1) is 0 Å². The number of hydrogen-bond acceptors (Lipinski definition) is 5. The number of aliphatic hydroxyl groups is 1. The molecule has 0 bridgehead atoms. The molecular weight excluding hydrogens is 440 g/mol. The molecule has 6 heteroatoms. The van der Waals surface area contributed by atoms with Crippen molar-refractivity contribution < 1.29 is 19.4 Å². The normalized spacial score (nSPS) is 17.6. The number of benzene rings is 2. The second-order valence-corrected chi connectivity index (χ2v) is 9.87. The van der Waals surface area contributed by atoms with Gasteiger partial charge in [0, 0.05) is 30.1 Å². The highest BCUT2D eigenvalue weighted by atomic mass is 16.5. The fourth-order valence-electron chi connectivity index (χ4n) is 4.52. The summed E-state index contributed by atoms with van der Waals surface area (Å²) >= 11 is 0. The minimum absolute atomic E-state index is 0.0783. The summed E-state index contributed by atoms with van der Waals surface area (Å²) in [6.45, 7) is 8.30. The number of methoxy groups -OCH3 is 1. The Hall–Kier alpha value is -3.93. The van der Waals surface area contributed by atoms with Gasteiger partial charge in [-0.2, -0.15) is 0 Å². The van der Waals surface area contributed by atoms with Crippen LogP contribution in [0.25, 0.3) is 5.76 Å². The maximum Gasteiger partial charge on any atom is 0.295 e. The first kappa shape index (κ1) is 24.2. The standard InChI is InChI=1S/C29H30N2O4/c1-18-8-6-10-20(14-18)25-24(27(33)28(34)31(25)17-19-9-7-13-30-16-19)26(32)21-11-12-23(35-5)22(15-21)29(2,3)4/h6-16,25,32H,17H2,1-5H3/b26-24-. The average Bonchev–Trinajstić information content (AvgIpc) is 3.08. The number of rotatable bonds is 5. The lowest BCUT2D eigenvalue weighted by molar-refractivity contribution is -0.140. The third kappa shape index (κ3) is 4.69. The molecule has 2 aromatic carbocycles. The first-order chi connectivity index (χ1) is 16.6. The Morgan fingerprint density at radius 2 is 1.86 bits per heavy atom. The number of nitrogens with zero attached hydrogens (tertiary/aromatic N) is 2. The third-order valence-electron chi connectivity index (χ3n) is 6.25. The number of ketones is 1. The summed E-state index contributed by atoms with van der Waals surface area (Å²) in [6.07, 6.45) is 3.33. The molecule has 3 aromatic rings. The van der Waals surface area contributed by atoms with Crippen molar-refractivity contribution in [3.63, 3.8) is 0 Å². The van der Waals surface area contributed by atoms with Crippen LogP contribution < -0.4 is 4.74 Å². The lowest BCUT2D eigenvalue weighted by Gasteiger charge is -2.26. The summed E-state index contributed by atoms with van der Waals surface area (Å²) < 4.78 is 5.52. The lowest BCUT2D eigenvalue weighted by atomic mass is 9.84. The molecule has 1 unspecified atom stereocenters. The molecule has 1 atom stereocenters. The molecule has 0 saturated carbocycles. The summed E-state index contributed by atoms with van der Waals surface area (Å²) in [4.78, 5) is 32.2. The molecule has 4 rings (SSSR count). The van der Waals surface area contributed by atoms with Crippen molar-refractivity contribution in [1.82, 2.24) is 9.88 Å². The minimum atomic E-state index is -0.727. The number of carbonyl (C=O) groups excluding carboxylic acids is 2. The summed E-state index contributed by atoms with van der Waals surface area (Å²) in [5.41, 5.74) is 3.73. The summed E-state index contributed by atoms with van der Waals surface area (Å²) in [5, 5.41) is 11.5. The fourth-order valence-corrected chi connectivity index (χ4v) is 4.52. The van der Waals surface area contributed by atoms with E-state index >= 15 is 0 Å². The van der Waals surface area contributed by atoms with E-state index in [0.29, 0.717) is 11.3 Å². The van der Waals surface area contributed by atoms with E-state index in [1.54, 1.807) is 37.7 Å². The highest BCUT2D eigenvalue weighted by Gasteiger charge is 2.46. The molecule has 1 aliphatic heterocycles. The predicted octanol–water partition coefficient (Wildman–Crippen LogP) is 5.32. The van der Waals surface area contributed by atoms with Crippen molar-refractivity contribution in [3.05, 3.63) is 100 Å². The van der Waals surface area contributed by atoms with E-state index in [0.717, 1.165) is 22.3 Å². The largest absolute Gasteiger partial charge is 0.507 e. The first-order valence-corrected chi connectivity index (χ1v) is 11.5. The summed E-state index contributed by atoms with van der Waals surface area (Å²) in [5.74, 6) is -0.851. The molecule has 2 heterocycles. The van der Waals surface area contributed by atoms with Gasteiger partial charge in [0.15, 0.2) is 0 Å². The van der Waals surface area contributed by atoms with Crippen molar-refractivity contribution in [1.29, 1.82) is 0 Å². The highest BCUT2D eigenvalue weighted by molar-refractivity contribution is 6.46. The van der Waals surface area contributed by atoms with Gasteiger partial charge < -0.3 is 14.7 Å². The highest BCUT2D eigenvalue weighted by Crippen LogP contribution is 2.41. The number of Topliss-reactive ketones (excluding diaryl/α,β-unsaturated/α-hetero) is 1. The molecule has 1 saturated heterocycles. The van der Waals surface area contributed by atoms with E-state index < -0.39 is 17.7 Å². The van der Waals surface area contributed by atoms with E-state index in [9.17, 15) is 14.7 Å². The zero-order valence-corrected chi connectivity index (χ0v) is 20.7. The molecule has 35 heavy (non-hydrogen) atoms. The molecule has 0 radical (unpaired) electrons. The number of amides is 1. The smallest absolute Gasteiger partial charge is 0.295 e. The number of aliphatic hydroxyl groups excluding tert-OH is 1. The van der Waals surface area contributed by atoms with Crippen molar-refractivity contribution >= 4 is 17.4 Å². The SMILES string of the molecule is COc1ccc(/C(O)=C2/C(=O)C(=O)N(Cc3cccnc3)C2c2cccc(C)c2)cc1C(C)(C)C. The molecule has 1 aliphatic rings. The van der Waals surface area contributed by atoms with Crippen LogP contribution in [0.15, 0.2) is 72.6 Å². The molecular formula is C29H30N2O4. The van der Waals surface area contributed by atoms with Crippen molar-refractivity contribution in [2.24, 2.45) is 0 Å². The van der Waals surface area contributed by atoms with Crippen LogP contribution in [0.3, 0.4) is 0 Å². The van der Waals surface area contributed by atoms with Gasteiger partial charge in [-0.3, -0.25) is 14.6 Å². The van der Waals surface area contributed by atoms with E-state index in [-0.39, 0.29) is 23.3 Å². The molecule has 180 valence electrons. The number of hydrogen-bond donors (Lipinski definition) is 1. The van der Waals surface area contributed by atoms with Gasteiger partial charge in [0.1, 0.15) is 11.5 Å². The van der Waals surface area contributed by atoms with E-state index in [4.69, 9.17) is 4.74 Å². The topological polar surface area (TPSA) is 79.7 Å². The Bertz CT molecular complexity index is 1310. The van der Waals surface area contributed by atoms with E-state index in [1.165, 1.54) is 4.90 Å². The van der Waals surface area contributed by atoms with Gasteiger partial charge >= 0.3 is 0 Å². The van der Waals surface area contributed by atoms with E-state index in [1.807, 2.05) is 64.1 Å². The van der Waals surface area contributed by atoms with Crippen LogP contribution in [0.5, 0.6) is 5.75 Å². The number of likely N-dealkylation sites (tertiary alicyclic amines) is 1. The monoisotopic (exact) mass is 470 g/mol. The maximum atomic E-state index is 13.3. The molecule has 6 nitrogen and oxygen atoms in total. The Morgan fingerprint density at radius 3 is 2.49 bits per heavy atom. The van der Waals surface area contributed by atoms with Gasteiger partial charge in [0.2, 0.25) is 0 Å². The first-order valence-electron chi connectivity index (χ1n) is 11.5. The number of carbonyl (C=O) groups is 2. The van der Waals surface area contributed by atoms with Gasteiger partial charge in [-0.1, -0.05) is 56.7 Å². The summed E-state index contributed by atoms with van der Waals surface area (Å²) in [7, 11) is 1.60. The van der Waals surface area contributed by atoms with Gasteiger partial charge in [-0.25, -0.2) is 0 Å². The number of ether oxygens (including phenoxy) is 1. The fraction of sp³-hybridized carbons (Fsp3) is 0.276. The van der Waals surface area contributed by atoms with Crippen LogP contribution >= 0.6 is 0 Å². The lowest BCUT2D eigenvalue weighted by Crippen LogP contribution is -2.29. The molecule has 0 spiro atoms. The van der Waals surface area contributed by atoms with Gasteiger partial charge in [0.25, 0.3) is 11.7 Å². The Labute approximate surface area is 205 Å². The Morgan fingerprint density at radius 1 is 1.09 bits per heavy atom. The van der Waals surface area contributed by atoms with Crippen LogP contribution in [0.4, 0.5) is 0 Å². The van der Waals surface area contributed by atoms with Crippen molar-refractivity contribution in [2.45, 2.75) is 45.7 Å². The second kappa shape index (κ2) is 9.37. The molecule has 1 amide bonds. The molecule has 1 aromatic heterocycles. The van der Waals surface area contributed by atoms with Gasteiger partial charge in [-0.05, 0) is 47.7 Å². The summed E-state index contributed by atoms with van der Waals surface area (Å²) in [6, 6.07) is 15.9. The van der Waals surface area contributed by atoms with Crippen LogP contribution in [-0.2, 0) is 21.5 Å². The van der Waals surface area contributed by atoms with Crippen LogP contribution in [0.1, 0.15) is 54.6 Å². The zero-order chi connectivity index (χ0) is 25.3. The molecule has 0 aliphatic carbocycles. The average molecular weight is 471 g/mol.